The summed E-state index contributed by atoms with van der Waals surface area (Å²) in [5.74, 6) is 0. The standard InChI is InChI=1S/C18H25FN2O4/c1-18(2,3)25-16(22)20-15-9-10-21(11-14(15)19)17(23)24-12-13-7-5-4-6-8-13/h4-8,14-15H,9-12H2,1-3H3,(H,20,22)/t14-,15+/m0/s1. The van der Waals surface area contributed by atoms with Gasteiger partial charge < -0.3 is 19.7 Å². The average Bonchev–Trinajstić information content (AvgIpc) is 2.53. The first kappa shape index (κ1) is 19.0. The summed E-state index contributed by atoms with van der Waals surface area (Å²) in [6.07, 6.45) is -2.27. The van der Waals surface area contributed by atoms with E-state index in [1.54, 1.807) is 20.8 Å². The van der Waals surface area contributed by atoms with E-state index in [1.165, 1.54) is 4.90 Å². The Morgan fingerprint density at radius 1 is 1.28 bits per heavy atom. The summed E-state index contributed by atoms with van der Waals surface area (Å²) in [6.45, 7) is 5.57. The molecule has 6 nitrogen and oxygen atoms in total. The van der Waals surface area contributed by atoms with Crippen LogP contribution >= 0.6 is 0 Å². The van der Waals surface area contributed by atoms with Crippen LogP contribution in [0.25, 0.3) is 0 Å². The molecule has 1 aliphatic rings. The van der Waals surface area contributed by atoms with Crippen LogP contribution < -0.4 is 5.32 Å². The fourth-order valence-corrected chi connectivity index (χ4v) is 2.50. The largest absolute Gasteiger partial charge is 0.445 e. The van der Waals surface area contributed by atoms with Crippen molar-refractivity contribution in [2.75, 3.05) is 13.1 Å². The van der Waals surface area contributed by atoms with Crippen molar-refractivity contribution >= 4 is 12.2 Å². The first-order chi connectivity index (χ1) is 11.7. The van der Waals surface area contributed by atoms with E-state index in [2.05, 4.69) is 5.32 Å². The number of hydrogen-bond donors (Lipinski definition) is 1. The zero-order valence-electron chi connectivity index (χ0n) is 14.8. The molecule has 1 aromatic rings. The number of carbonyl (C=O) groups excluding carboxylic acids is 2. The molecule has 0 aromatic heterocycles. The van der Waals surface area contributed by atoms with E-state index in [0.717, 1.165) is 5.56 Å². The molecule has 2 rings (SSSR count). The monoisotopic (exact) mass is 352 g/mol. The molecule has 1 aliphatic heterocycles. The zero-order chi connectivity index (χ0) is 18.4. The van der Waals surface area contributed by atoms with Gasteiger partial charge in [0.2, 0.25) is 0 Å². The molecule has 1 heterocycles. The number of halogens is 1. The Kier molecular flexibility index (Phi) is 6.22. The third-order valence-corrected chi connectivity index (χ3v) is 3.71. The van der Waals surface area contributed by atoms with Gasteiger partial charge >= 0.3 is 12.2 Å². The normalized spacial score (nSPS) is 20.7. The minimum Gasteiger partial charge on any atom is -0.445 e. The quantitative estimate of drug-likeness (QED) is 0.907. The number of ether oxygens (including phenoxy) is 2. The molecule has 0 unspecified atom stereocenters. The zero-order valence-corrected chi connectivity index (χ0v) is 14.8. The van der Waals surface area contributed by atoms with Crippen LogP contribution in [0.15, 0.2) is 30.3 Å². The molecule has 25 heavy (non-hydrogen) atoms. The Bertz CT molecular complexity index is 588. The van der Waals surface area contributed by atoms with Crippen molar-refractivity contribution in [3.63, 3.8) is 0 Å². The lowest BCUT2D eigenvalue weighted by molar-refractivity contribution is 0.0365. The molecule has 2 atom stereocenters. The van der Waals surface area contributed by atoms with Crippen molar-refractivity contribution < 1.29 is 23.5 Å². The van der Waals surface area contributed by atoms with Gasteiger partial charge in [-0.2, -0.15) is 0 Å². The Morgan fingerprint density at radius 2 is 1.96 bits per heavy atom. The van der Waals surface area contributed by atoms with Crippen LogP contribution in [-0.4, -0.2) is 48.0 Å². The lowest BCUT2D eigenvalue weighted by Crippen LogP contribution is -2.54. The maximum atomic E-state index is 14.3. The fraction of sp³-hybridized carbons (Fsp3) is 0.556. The Balaban J connectivity index is 1.78. The third kappa shape index (κ3) is 6.25. The van der Waals surface area contributed by atoms with Crippen LogP contribution in [0, 0.1) is 0 Å². The molecule has 1 N–H and O–H groups in total. The van der Waals surface area contributed by atoms with Crippen molar-refractivity contribution in [3.8, 4) is 0 Å². The third-order valence-electron chi connectivity index (χ3n) is 3.71. The number of amides is 2. The van der Waals surface area contributed by atoms with E-state index in [1.807, 2.05) is 30.3 Å². The van der Waals surface area contributed by atoms with Gasteiger partial charge in [-0.25, -0.2) is 14.0 Å². The smallest absolute Gasteiger partial charge is 0.410 e. The van der Waals surface area contributed by atoms with Crippen molar-refractivity contribution in [3.05, 3.63) is 35.9 Å². The summed E-state index contributed by atoms with van der Waals surface area (Å²) in [7, 11) is 0. The molecule has 138 valence electrons. The second kappa shape index (κ2) is 8.18. The number of benzene rings is 1. The summed E-state index contributed by atoms with van der Waals surface area (Å²) < 4.78 is 24.6. The highest BCUT2D eigenvalue weighted by Crippen LogP contribution is 2.17. The van der Waals surface area contributed by atoms with E-state index < -0.39 is 30.0 Å². The summed E-state index contributed by atoms with van der Waals surface area (Å²) in [6, 6.07) is 8.61. The van der Waals surface area contributed by atoms with Crippen molar-refractivity contribution in [1.29, 1.82) is 0 Å². The van der Waals surface area contributed by atoms with Crippen molar-refractivity contribution in [1.82, 2.24) is 10.2 Å². The van der Waals surface area contributed by atoms with Crippen molar-refractivity contribution in [2.45, 2.75) is 51.6 Å². The SMILES string of the molecule is CC(C)(C)OC(=O)N[C@@H]1CCN(C(=O)OCc2ccccc2)C[C@@H]1F. The number of alkyl carbamates (subject to hydrolysis) is 1. The highest BCUT2D eigenvalue weighted by molar-refractivity contribution is 5.69. The van der Waals surface area contributed by atoms with Crippen LogP contribution in [0.1, 0.15) is 32.8 Å². The second-order valence-electron chi connectivity index (χ2n) is 7.04. The molecule has 7 heteroatoms. The van der Waals surface area contributed by atoms with Crippen LogP contribution in [0.4, 0.5) is 14.0 Å². The Labute approximate surface area is 147 Å². The molecule has 0 radical (unpaired) electrons. The van der Waals surface area contributed by atoms with Gasteiger partial charge in [-0.1, -0.05) is 30.3 Å². The molecular weight excluding hydrogens is 327 g/mol. The number of carbonyl (C=O) groups is 2. The first-order valence-electron chi connectivity index (χ1n) is 8.34. The van der Waals surface area contributed by atoms with E-state index in [-0.39, 0.29) is 13.2 Å². The maximum Gasteiger partial charge on any atom is 0.410 e. The molecule has 0 bridgehead atoms. The Morgan fingerprint density at radius 3 is 2.56 bits per heavy atom. The molecule has 0 spiro atoms. The van der Waals surface area contributed by atoms with Crippen LogP contribution in [0.3, 0.4) is 0 Å². The molecule has 1 fully saturated rings. The first-order valence-corrected chi connectivity index (χ1v) is 8.34. The van der Waals surface area contributed by atoms with Gasteiger partial charge in [0.15, 0.2) is 0 Å². The molecule has 1 saturated heterocycles. The number of likely N-dealkylation sites (tertiary alicyclic amines) is 1. The van der Waals surface area contributed by atoms with E-state index in [4.69, 9.17) is 9.47 Å². The maximum absolute atomic E-state index is 14.3. The Hall–Kier alpha value is -2.31. The molecule has 0 aliphatic carbocycles. The fourth-order valence-electron chi connectivity index (χ4n) is 2.50. The van der Waals surface area contributed by atoms with Crippen LogP contribution in [-0.2, 0) is 16.1 Å². The van der Waals surface area contributed by atoms with E-state index in [9.17, 15) is 14.0 Å². The number of alkyl halides is 1. The number of nitrogens with zero attached hydrogens (tertiary/aromatic N) is 1. The van der Waals surface area contributed by atoms with E-state index >= 15 is 0 Å². The number of hydrogen-bond acceptors (Lipinski definition) is 4. The van der Waals surface area contributed by atoms with Gasteiger partial charge in [-0.15, -0.1) is 0 Å². The minimum atomic E-state index is -1.37. The van der Waals surface area contributed by atoms with Crippen LogP contribution in [0.5, 0.6) is 0 Å². The number of nitrogens with one attached hydrogen (secondary N) is 1. The summed E-state index contributed by atoms with van der Waals surface area (Å²) in [4.78, 5) is 25.1. The predicted molar refractivity (Wildman–Crippen MR) is 90.9 cm³/mol. The lowest BCUT2D eigenvalue weighted by atomic mass is 10.0. The highest BCUT2D eigenvalue weighted by atomic mass is 19.1. The van der Waals surface area contributed by atoms with Crippen molar-refractivity contribution in [2.24, 2.45) is 0 Å². The highest BCUT2D eigenvalue weighted by Gasteiger charge is 2.34. The van der Waals surface area contributed by atoms with Gasteiger partial charge in [0.05, 0.1) is 12.6 Å². The van der Waals surface area contributed by atoms with Gasteiger partial charge in [-0.3, -0.25) is 0 Å². The van der Waals surface area contributed by atoms with Crippen LogP contribution in [0.2, 0.25) is 0 Å². The minimum absolute atomic E-state index is 0.117. The second-order valence-corrected chi connectivity index (χ2v) is 7.04. The van der Waals surface area contributed by atoms with Gasteiger partial charge in [-0.05, 0) is 32.8 Å². The summed E-state index contributed by atoms with van der Waals surface area (Å²) in [5.41, 5.74) is 0.229. The lowest BCUT2D eigenvalue weighted by Gasteiger charge is -2.34. The molecule has 2 amide bonds. The molecule has 0 saturated carbocycles. The molecule has 1 aromatic carbocycles. The number of piperidine rings is 1. The van der Waals surface area contributed by atoms with Gasteiger partial charge in [0.25, 0.3) is 0 Å². The summed E-state index contributed by atoms with van der Waals surface area (Å²) in [5, 5.41) is 2.53. The average molecular weight is 352 g/mol. The summed E-state index contributed by atoms with van der Waals surface area (Å²) >= 11 is 0. The van der Waals surface area contributed by atoms with Gasteiger partial charge in [0.1, 0.15) is 18.4 Å². The molecular formula is C18H25FN2O4. The number of rotatable bonds is 3. The topological polar surface area (TPSA) is 67.9 Å². The predicted octanol–water partition coefficient (Wildman–Crippen LogP) is 3.26. The van der Waals surface area contributed by atoms with Gasteiger partial charge in [0, 0.05) is 6.54 Å². The van der Waals surface area contributed by atoms with E-state index in [0.29, 0.717) is 13.0 Å².